The largest absolute Gasteiger partial charge is 0.331 e. The number of rotatable bonds is 7. The van der Waals surface area contributed by atoms with E-state index in [1.165, 1.54) is 36.0 Å². The SMILES string of the molecule is CCc1ccccc1NC(=O)CSC1NCC(S(=O)(=O)c2ccc(Cl)cc2)C(=O)N1. The molecule has 2 aromatic carbocycles. The van der Waals surface area contributed by atoms with E-state index in [0.717, 1.165) is 17.7 Å². The van der Waals surface area contributed by atoms with Crippen molar-refractivity contribution >= 4 is 50.7 Å². The molecule has 0 spiro atoms. The van der Waals surface area contributed by atoms with Gasteiger partial charge in [0.1, 0.15) is 5.50 Å². The fraction of sp³-hybridized carbons (Fsp3) is 0.300. The second-order valence-corrected chi connectivity index (χ2v) is 10.3. The smallest absolute Gasteiger partial charge is 0.241 e. The Hall–Kier alpha value is -2.07. The zero-order valence-electron chi connectivity index (χ0n) is 16.2. The molecule has 10 heteroatoms. The zero-order chi connectivity index (χ0) is 21.7. The highest BCUT2D eigenvalue weighted by molar-refractivity contribution is 8.00. The van der Waals surface area contributed by atoms with Crippen molar-refractivity contribution in [1.82, 2.24) is 10.6 Å². The van der Waals surface area contributed by atoms with E-state index in [2.05, 4.69) is 16.0 Å². The Bertz CT molecular complexity index is 1030. The number of para-hydroxylation sites is 1. The first-order valence-corrected chi connectivity index (χ1v) is 12.3. The molecule has 1 heterocycles. The highest BCUT2D eigenvalue weighted by Crippen LogP contribution is 2.22. The number of carbonyl (C=O) groups excluding carboxylic acids is 2. The Morgan fingerprint density at radius 2 is 1.90 bits per heavy atom. The van der Waals surface area contributed by atoms with Gasteiger partial charge in [-0.25, -0.2) is 8.42 Å². The van der Waals surface area contributed by atoms with Gasteiger partial charge in [0.05, 0.1) is 10.6 Å². The molecule has 0 radical (unpaired) electrons. The molecule has 30 heavy (non-hydrogen) atoms. The Kier molecular flexibility index (Phi) is 7.41. The van der Waals surface area contributed by atoms with Gasteiger partial charge in [0, 0.05) is 17.3 Å². The first kappa shape index (κ1) is 22.6. The monoisotopic (exact) mass is 467 g/mol. The summed E-state index contributed by atoms with van der Waals surface area (Å²) < 4.78 is 25.5. The van der Waals surface area contributed by atoms with Crippen molar-refractivity contribution in [3.05, 3.63) is 59.1 Å². The predicted molar refractivity (Wildman–Crippen MR) is 119 cm³/mol. The van der Waals surface area contributed by atoms with Gasteiger partial charge in [-0.3, -0.25) is 14.9 Å². The lowest BCUT2D eigenvalue weighted by atomic mass is 10.1. The Labute approximate surface area is 184 Å². The number of aryl methyl sites for hydroxylation is 1. The summed E-state index contributed by atoms with van der Waals surface area (Å²) in [6.45, 7) is 1.96. The molecule has 0 aromatic heterocycles. The molecule has 2 atom stereocenters. The van der Waals surface area contributed by atoms with Crippen LogP contribution in [0.3, 0.4) is 0 Å². The topological polar surface area (TPSA) is 104 Å². The number of thioether (sulfide) groups is 1. The number of halogens is 1. The minimum absolute atomic E-state index is 0.0360. The first-order chi connectivity index (χ1) is 14.3. The van der Waals surface area contributed by atoms with Crippen molar-refractivity contribution in [3.63, 3.8) is 0 Å². The van der Waals surface area contributed by atoms with Crippen molar-refractivity contribution < 1.29 is 18.0 Å². The van der Waals surface area contributed by atoms with Gasteiger partial charge in [0.15, 0.2) is 15.1 Å². The van der Waals surface area contributed by atoms with Crippen LogP contribution in [0.15, 0.2) is 53.4 Å². The molecule has 160 valence electrons. The van der Waals surface area contributed by atoms with Crippen LogP contribution in [0.25, 0.3) is 0 Å². The second-order valence-electron chi connectivity index (χ2n) is 6.65. The molecule has 0 aliphatic carbocycles. The third kappa shape index (κ3) is 5.34. The molecule has 1 saturated heterocycles. The summed E-state index contributed by atoms with van der Waals surface area (Å²) in [7, 11) is -3.85. The Balaban J connectivity index is 1.55. The molecule has 1 fully saturated rings. The normalized spacial score (nSPS) is 19.2. The summed E-state index contributed by atoms with van der Waals surface area (Å²) in [5, 5.41) is 7.63. The van der Waals surface area contributed by atoms with E-state index in [1.54, 1.807) is 0 Å². The van der Waals surface area contributed by atoms with Gasteiger partial charge in [-0.2, -0.15) is 0 Å². The van der Waals surface area contributed by atoms with Crippen LogP contribution in [0.4, 0.5) is 5.69 Å². The van der Waals surface area contributed by atoms with Gasteiger partial charge in [-0.1, -0.05) is 36.7 Å². The van der Waals surface area contributed by atoms with Gasteiger partial charge in [0.25, 0.3) is 0 Å². The maximum Gasteiger partial charge on any atom is 0.241 e. The Morgan fingerprint density at radius 1 is 1.20 bits per heavy atom. The molecule has 0 saturated carbocycles. The van der Waals surface area contributed by atoms with Crippen molar-refractivity contribution in [2.24, 2.45) is 0 Å². The van der Waals surface area contributed by atoms with Gasteiger partial charge in [-0.15, -0.1) is 11.8 Å². The number of nitrogens with one attached hydrogen (secondary N) is 3. The number of sulfone groups is 1. The van der Waals surface area contributed by atoms with E-state index in [-0.39, 0.29) is 23.1 Å². The van der Waals surface area contributed by atoms with E-state index < -0.39 is 26.5 Å². The number of anilines is 1. The quantitative estimate of drug-likeness (QED) is 0.577. The second kappa shape index (κ2) is 9.82. The van der Waals surface area contributed by atoms with Gasteiger partial charge >= 0.3 is 0 Å². The molecule has 0 bridgehead atoms. The number of hydrogen-bond donors (Lipinski definition) is 3. The van der Waals surface area contributed by atoms with E-state index >= 15 is 0 Å². The summed E-state index contributed by atoms with van der Waals surface area (Å²) >= 11 is 6.99. The molecule has 2 amide bonds. The van der Waals surface area contributed by atoms with Crippen LogP contribution in [0.2, 0.25) is 5.02 Å². The van der Waals surface area contributed by atoms with Crippen LogP contribution in [-0.4, -0.2) is 43.3 Å². The molecule has 7 nitrogen and oxygen atoms in total. The molecular weight excluding hydrogens is 446 g/mol. The molecule has 2 unspecified atom stereocenters. The van der Waals surface area contributed by atoms with Crippen molar-refractivity contribution in [1.29, 1.82) is 0 Å². The maximum absolute atomic E-state index is 12.7. The lowest BCUT2D eigenvalue weighted by molar-refractivity contribution is -0.122. The minimum atomic E-state index is -3.85. The molecule has 1 aliphatic rings. The number of carbonyl (C=O) groups is 2. The molecule has 3 N–H and O–H groups in total. The molecule has 1 aliphatic heterocycles. The highest BCUT2D eigenvalue weighted by Gasteiger charge is 2.38. The number of amides is 2. The lowest BCUT2D eigenvalue weighted by Gasteiger charge is -2.29. The summed E-state index contributed by atoms with van der Waals surface area (Å²) in [6.07, 6.45) is 0.799. The summed E-state index contributed by atoms with van der Waals surface area (Å²) in [5.74, 6) is -0.698. The molecule has 2 aromatic rings. The van der Waals surface area contributed by atoms with Gasteiger partial charge < -0.3 is 10.6 Å². The van der Waals surface area contributed by atoms with Crippen molar-refractivity contribution in [2.45, 2.75) is 29.0 Å². The van der Waals surface area contributed by atoms with Crippen LogP contribution in [-0.2, 0) is 25.8 Å². The lowest BCUT2D eigenvalue weighted by Crippen LogP contribution is -2.59. The van der Waals surface area contributed by atoms with E-state index in [9.17, 15) is 18.0 Å². The average molecular weight is 468 g/mol. The van der Waals surface area contributed by atoms with Crippen LogP contribution in [0.5, 0.6) is 0 Å². The third-order valence-corrected chi connectivity index (χ3v) is 7.98. The van der Waals surface area contributed by atoms with E-state index in [4.69, 9.17) is 11.6 Å². The minimum Gasteiger partial charge on any atom is -0.331 e. The maximum atomic E-state index is 12.7. The van der Waals surface area contributed by atoms with Crippen LogP contribution >= 0.6 is 23.4 Å². The third-order valence-electron chi connectivity index (χ3n) is 4.62. The van der Waals surface area contributed by atoms with Crippen molar-refractivity contribution in [3.8, 4) is 0 Å². The number of benzene rings is 2. The van der Waals surface area contributed by atoms with Crippen LogP contribution < -0.4 is 16.0 Å². The molecular formula is C20H22ClN3O4S2. The summed E-state index contributed by atoms with van der Waals surface area (Å²) in [5.41, 5.74) is 1.25. The van der Waals surface area contributed by atoms with E-state index in [0.29, 0.717) is 5.02 Å². The zero-order valence-corrected chi connectivity index (χ0v) is 18.6. The van der Waals surface area contributed by atoms with Crippen LogP contribution in [0, 0.1) is 0 Å². The average Bonchev–Trinajstić information content (AvgIpc) is 2.73. The summed E-state index contributed by atoms with van der Waals surface area (Å²) in [6, 6.07) is 13.3. The van der Waals surface area contributed by atoms with Gasteiger partial charge in [-0.05, 0) is 42.3 Å². The van der Waals surface area contributed by atoms with E-state index in [1.807, 2.05) is 31.2 Å². The van der Waals surface area contributed by atoms with Crippen LogP contribution in [0.1, 0.15) is 12.5 Å². The number of hydrogen-bond acceptors (Lipinski definition) is 6. The Morgan fingerprint density at radius 3 is 2.57 bits per heavy atom. The fourth-order valence-electron chi connectivity index (χ4n) is 3.02. The van der Waals surface area contributed by atoms with Gasteiger partial charge in [0.2, 0.25) is 11.8 Å². The summed E-state index contributed by atoms with van der Waals surface area (Å²) in [4.78, 5) is 24.7. The highest BCUT2D eigenvalue weighted by atomic mass is 35.5. The fourth-order valence-corrected chi connectivity index (χ4v) is 5.45. The van der Waals surface area contributed by atoms with Crippen molar-refractivity contribution in [2.75, 3.05) is 17.6 Å². The first-order valence-electron chi connectivity index (χ1n) is 9.34. The molecule has 3 rings (SSSR count). The standard InChI is InChI=1S/C20H22ClN3O4S2/c1-2-13-5-3-4-6-16(13)23-18(25)12-29-20-22-11-17(19(26)24-20)30(27,28)15-9-7-14(21)8-10-15/h3-10,17,20,22H,2,11-12H2,1H3,(H,23,25)(H,24,26). The predicted octanol–water partition coefficient (Wildman–Crippen LogP) is 2.42.